The molecule has 8 rings (SSSR count). The molecule has 4 aliphatic heterocycles. The number of anilines is 2. The second-order valence-electron chi connectivity index (χ2n) is 15.1. The number of hydrogen-bond donors (Lipinski definition) is 3. The Hall–Kier alpha value is -4.36. The lowest BCUT2D eigenvalue weighted by molar-refractivity contribution is -0.123. The van der Waals surface area contributed by atoms with Crippen LogP contribution in [0.25, 0.3) is 32.1 Å². The Bertz CT molecular complexity index is 2220. The second-order valence-corrected chi connectivity index (χ2v) is 16.5. The van der Waals surface area contributed by atoms with E-state index in [1.165, 1.54) is 6.07 Å². The number of amides is 2. The first-order valence-electron chi connectivity index (χ1n) is 17.7. The number of piperidine rings is 1. The molecule has 16 heteroatoms. The van der Waals surface area contributed by atoms with Gasteiger partial charge < -0.3 is 24.8 Å². The summed E-state index contributed by atoms with van der Waals surface area (Å²) in [5.41, 5.74) is 1.44. The Morgan fingerprint density at radius 1 is 1.25 bits per heavy atom. The maximum atomic E-state index is 15.5. The average Bonchev–Trinajstić information content (AvgIpc) is 3.87. The highest BCUT2D eigenvalue weighted by molar-refractivity contribution is 7.23. The SMILES string of the molecule is CC(C)(C)OC(=O)Nc1sc2c(F)ccc(-c3c4c(c5c(N[C@H]6CCCNC6=O)nc(OC[C@@]67CCCN6C[C@H](F)C7)nc5c3Cl)COC4)c2c1C#N. The maximum Gasteiger partial charge on any atom is 0.412 e. The zero-order valence-corrected chi connectivity index (χ0v) is 31.0. The normalized spacial score (nSPS) is 22.8. The van der Waals surface area contributed by atoms with Crippen LogP contribution in [0, 0.1) is 17.1 Å². The van der Waals surface area contributed by atoms with Gasteiger partial charge in [0.05, 0.1) is 44.9 Å². The Morgan fingerprint density at radius 3 is 2.83 bits per heavy atom. The highest BCUT2D eigenvalue weighted by Gasteiger charge is 2.49. The number of carbonyl (C=O) groups excluding carboxylic acids is 2. The molecule has 3 saturated heterocycles. The van der Waals surface area contributed by atoms with Crippen LogP contribution in [-0.2, 0) is 27.5 Å². The van der Waals surface area contributed by atoms with Crippen LogP contribution in [0.2, 0.25) is 5.02 Å². The molecule has 278 valence electrons. The van der Waals surface area contributed by atoms with Crippen molar-refractivity contribution in [2.45, 2.75) is 89.4 Å². The summed E-state index contributed by atoms with van der Waals surface area (Å²) >= 11 is 8.30. The van der Waals surface area contributed by atoms with E-state index in [-0.39, 0.29) is 57.4 Å². The van der Waals surface area contributed by atoms with Crippen molar-refractivity contribution in [2.24, 2.45) is 0 Å². The number of nitriles is 1. The molecule has 3 atom stereocenters. The lowest BCUT2D eigenvalue weighted by Crippen LogP contribution is -2.44. The van der Waals surface area contributed by atoms with E-state index in [2.05, 4.69) is 26.9 Å². The minimum absolute atomic E-state index is 0.00723. The van der Waals surface area contributed by atoms with Crippen LogP contribution in [0.4, 0.5) is 24.4 Å². The highest BCUT2D eigenvalue weighted by Crippen LogP contribution is 2.50. The maximum absolute atomic E-state index is 15.5. The minimum atomic E-state index is -0.944. The quantitative estimate of drug-likeness (QED) is 0.176. The number of aromatic nitrogens is 2. The number of ether oxygens (including phenoxy) is 3. The predicted octanol–water partition coefficient (Wildman–Crippen LogP) is 7.20. The molecule has 12 nitrogen and oxygen atoms in total. The highest BCUT2D eigenvalue weighted by atomic mass is 35.5. The van der Waals surface area contributed by atoms with Crippen LogP contribution >= 0.6 is 22.9 Å². The monoisotopic (exact) mass is 765 g/mol. The zero-order chi connectivity index (χ0) is 37.2. The van der Waals surface area contributed by atoms with Gasteiger partial charge in [0.1, 0.15) is 47.1 Å². The second kappa shape index (κ2) is 13.5. The third kappa shape index (κ3) is 6.39. The minimum Gasteiger partial charge on any atom is -0.461 e. The van der Waals surface area contributed by atoms with Crippen molar-refractivity contribution < 1.29 is 32.6 Å². The van der Waals surface area contributed by atoms with Gasteiger partial charge in [-0.05, 0) is 75.8 Å². The molecular formula is C37H38ClF2N7O5S. The summed E-state index contributed by atoms with van der Waals surface area (Å²) in [5.74, 6) is -0.392. The summed E-state index contributed by atoms with van der Waals surface area (Å²) in [6, 6.07) is 4.44. The Morgan fingerprint density at radius 2 is 2.06 bits per heavy atom. The van der Waals surface area contributed by atoms with Crippen molar-refractivity contribution in [3.8, 4) is 23.2 Å². The van der Waals surface area contributed by atoms with Crippen LogP contribution in [0.1, 0.15) is 69.6 Å². The van der Waals surface area contributed by atoms with E-state index in [1.807, 2.05) is 0 Å². The third-order valence-corrected chi connectivity index (χ3v) is 11.9. The van der Waals surface area contributed by atoms with E-state index in [4.69, 9.17) is 35.8 Å². The number of thiophene rings is 1. The molecule has 3 fully saturated rings. The standard InChI is InChI=1S/C37H38ClF2N7O5S/c1-36(2,3)52-35(49)46-33-20(13-41)26-19(7-8-23(40)30(26)53-33)25-21-15-50-16-22(21)27-29(28(25)38)44-34(45-31(27)43-24-6-4-10-42-32(24)48)51-17-37-9-5-11-47(37)14-18(39)12-37/h7-8,18,24H,4-6,9-12,14-17H2,1-3H3,(H,42,48)(H,46,49)(H,43,44,45)/t18-,24+,37+/m1/s1. The van der Waals surface area contributed by atoms with Crippen molar-refractivity contribution >= 4 is 66.7 Å². The molecule has 2 aromatic heterocycles. The summed E-state index contributed by atoms with van der Waals surface area (Å²) in [7, 11) is 0. The first-order chi connectivity index (χ1) is 25.4. The number of rotatable bonds is 7. The van der Waals surface area contributed by atoms with Crippen molar-refractivity contribution in [1.82, 2.24) is 20.2 Å². The largest absolute Gasteiger partial charge is 0.461 e. The molecule has 4 aromatic rings. The molecule has 0 bridgehead atoms. The fourth-order valence-corrected chi connectivity index (χ4v) is 9.58. The van der Waals surface area contributed by atoms with E-state index >= 15 is 4.39 Å². The molecule has 4 aliphatic rings. The average molecular weight is 766 g/mol. The summed E-state index contributed by atoms with van der Waals surface area (Å²) in [6.07, 6.45) is 1.72. The molecule has 3 N–H and O–H groups in total. The van der Waals surface area contributed by atoms with Gasteiger partial charge in [-0.2, -0.15) is 15.2 Å². The number of nitrogens with zero attached hydrogens (tertiary/aromatic N) is 4. The van der Waals surface area contributed by atoms with Crippen LogP contribution in [-0.4, -0.2) is 76.5 Å². The Labute approximate surface area is 313 Å². The number of benzene rings is 2. The summed E-state index contributed by atoms with van der Waals surface area (Å²) < 4.78 is 48.0. The van der Waals surface area contributed by atoms with Gasteiger partial charge in [-0.3, -0.25) is 15.0 Å². The zero-order valence-electron chi connectivity index (χ0n) is 29.5. The first-order valence-corrected chi connectivity index (χ1v) is 18.9. The molecular weight excluding hydrogens is 728 g/mol. The van der Waals surface area contributed by atoms with Gasteiger partial charge in [0.25, 0.3) is 0 Å². The van der Waals surface area contributed by atoms with Crippen LogP contribution in [0.15, 0.2) is 12.1 Å². The van der Waals surface area contributed by atoms with Gasteiger partial charge in [-0.15, -0.1) is 11.3 Å². The van der Waals surface area contributed by atoms with Gasteiger partial charge in [0.15, 0.2) is 0 Å². The molecule has 0 spiro atoms. The van der Waals surface area contributed by atoms with E-state index in [0.29, 0.717) is 59.3 Å². The first kappa shape index (κ1) is 35.7. The van der Waals surface area contributed by atoms with Gasteiger partial charge >= 0.3 is 12.1 Å². The molecule has 53 heavy (non-hydrogen) atoms. The summed E-state index contributed by atoms with van der Waals surface area (Å²) in [4.78, 5) is 37.5. The van der Waals surface area contributed by atoms with E-state index < -0.39 is 35.3 Å². The molecule has 0 saturated carbocycles. The number of nitrogens with one attached hydrogen (secondary N) is 3. The number of hydrogen-bond acceptors (Lipinski definition) is 11. The van der Waals surface area contributed by atoms with Crippen molar-refractivity contribution in [3.63, 3.8) is 0 Å². The molecule has 2 aromatic carbocycles. The van der Waals surface area contributed by atoms with Crippen LogP contribution < -0.4 is 20.7 Å². The van der Waals surface area contributed by atoms with Crippen LogP contribution in [0.5, 0.6) is 6.01 Å². The number of halogens is 3. The lowest BCUT2D eigenvalue weighted by atomic mass is 9.91. The number of fused-ring (bicyclic) bond motifs is 5. The topological polar surface area (TPSA) is 151 Å². The van der Waals surface area contributed by atoms with E-state index in [9.17, 15) is 19.2 Å². The summed E-state index contributed by atoms with van der Waals surface area (Å²) in [5, 5.41) is 20.4. The lowest BCUT2D eigenvalue weighted by Gasteiger charge is -2.31. The Kier molecular flexibility index (Phi) is 9.08. The molecule has 0 radical (unpaired) electrons. The molecule has 0 aliphatic carbocycles. The summed E-state index contributed by atoms with van der Waals surface area (Å²) in [6.45, 7) is 7.38. The van der Waals surface area contributed by atoms with Gasteiger partial charge in [0.2, 0.25) is 5.91 Å². The van der Waals surface area contributed by atoms with Gasteiger partial charge in [-0.1, -0.05) is 17.7 Å². The molecule has 6 heterocycles. The Balaban J connectivity index is 1.29. The fourth-order valence-electron chi connectivity index (χ4n) is 8.15. The van der Waals surface area contributed by atoms with Gasteiger partial charge in [-0.25, -0.2) is 13.6 Å². The van der Waals surface area contributed by atoms with Crippen molar-refractivity contribution in [1.29, 1.82) is 5.26 Å². The van der Waals surface area contributed by atoms with Crippen molar-refractivity contribution in [3.05, 3.63) is 39.7 Å². The fraction of sp³-hybridized carbons (Fsp3) is 0.486. The molecule has 2 amide bonds. The number of carbonyl (C=O) groups is 2. The van der Waals surface area contributed by atoms with E-state index in [0.717, 1.165) is 42.7 Å². The predicted molar refractivity (Wildman–Crippen MR) is 197 cm³/mol. The van der Waals surface area contributed by atoms with Crippen molar-refractivity contribution in [2.75, 3.05) is 36.9 Å². The smallest absolute Gasteiger partial charge is 0.412 e. The number of alkyl halides is 1. The van der Waals surface area contributed by atoms with E-state index in [1.54, 1.807) is 26.8 Å². The van der Waals surface area contributed by atoms with Crippen LogP contribution in [0.3, 0.4) is 0 Å². The molecule has 0 unspecified atom stereocenters. The van der Waals surface area contributed by atoms with Gasteiger partial charge in [0, 0.05) is 30.5 Å². The third-order valence-electron chi connectivity index (χ3n) is 10.4.